The Morgan fingerprint density at radius 3 is 2.22 bits per heavy atom. The fourth-order valence-corrected chi connectivity index (χ4v) is 2.51. The van der Waals surface area contributed by atoms with Crippen molar-refractivity contribution in [2.45, 2.75) is 0 Å². The fraction of sp³-hybridized carbons (Fsp3) is 0.0526. The zero-order valence-electron chi connectivity index (χ0n) is 14.1. The summed E-state index contributed by atoms with van der Waals surface area (Å²) >= 11 is 0. The number of carboxylic acid groups (broad SMARTS) is 1. The maximum atomic E-state index is 12.7. The molecule has 8 heteroatoms. The summed E-state index contributed by atoms with van der Waals surface area (Å²) in [5.74, 6) is -2.14. The number of anilines is 1. The molecule has 0 spiro atoms. The van der Waals surface area contributed by atoms with E-state index in [0.717, 1.165) is 4.90 Å². The molecular formula is C19H14N2O6. The maximum Gasteiger partial charge on any atom is 0.335 e. The largest absolute Gasteiger partial charge is 0.497 e. The molecule has 1 heterocycles. The fourth-order valence-electron chi connectivity index (χ4n) is 2.51. The van der Waals surface area contributed by atoms with E-state index in [1.54, 1.807) is 12.1 Å². The minimum atomic E-state index is -1.09. The molecule has 4 amide bonds. The number of hydrogen-bond acceptors (Lipinski definition) is 5. The summed E-state index contributed by atoms with van der Waals surface area (Å²) in [6.45, 7) is 0. The van der Waals surface area contributed by atoms with Crippen molar-refractivity contribution in [2.24, 2.45) is 0 Å². The van der Waals surface area contributed by atoms with E-state index >= 15 is 0 Å². The summed E-state index contributed by atoms with van der Waals surface area (Å²) < 4.78 is 5.04. The van der Waals surface area contributed by atoms with Crippen LogP contribution in [0.4, 0.5) is 10.5 Å². The van der Waals surface area contributed by atoms with Gasteiger partial charge in [0.2, 0.25) is 0 Å². The highest BCUT2D eigenvalue weighted by molar-refractivity contribution is 6.39. The number of aromatic carboxylic acids is 1. The van der Waals surface area contributed by atoms with Crippen LogP contribution in [0.15, 0.2) is 54.1 Å². The third kappa shape index (κ3) is 3.54. The van der Waals surface area contributed by atoms with Crippen LogP contribution in [0.2, 0.25) is 0 Å². The van der Waals surface area contributed by atoms with Gasteiger partial charge < -0.3 is 9.84 Å². The monoisotopic (exact) mass is 366 g/mol. The molecule has 2 N–H and O–H groups in total. The number of methoxy groups -OCH3 is 1. The number of ether oxygens (including phenoxy) is 1. The quantitative estimate of drug-likeness (QED) is 0.633. The topological polar surface area (TPSA) is 113 Å². The first-order valence-electron chi connectivity index (χ1n) is 7.79. The Bertz CT molecular complexity index is 961. The molecule has 2 aromatic carbocycles. The number of amides is 4. The molecule has 1 aliphatic heterocycles. The number of carbonyl (C=O) groups is 4. The second-order valence-corrected chi connectivity index (χ2v) is 5.58. The molecule has 0 aromatic heterocycles. The van der Waals surface area contributed by atoms with Gasteiger partial charge in [0.05, 0.1) is 18.4 Å². The standard InChI is InChI=1S/C19H14N2O6/c1-27-14-8-6-13(7-9-14)21-17(23)15(16(22)20-19(21)26)10-11-2-4-12(5-3-11)18(24)25/h2-10H,1H3,(H,24,25)(H,20,22,26)/b15-10-. The summed E-state index contributed by atoms with van der Waals surface area (Å²) in [7, 11) is 1.49. The van der Waals surface area contributed by atoms with E-state index < -0.39 is 23.8 Å². The van der Waals surface area contributed by atoms with Crippen LogP contribution in [0, 0.1) is 0 Å². The van der Waals surface area contributed by atoms with Crippen LogP contribution in [0.5, 0.6) is 5.75 Å². The number of carboxylic acids is 1. The highest BCUT2D eigenvalue weighted by Gasteiger charge is 2.36. The molecule has 2 aromatic rings. The van der Waals surface area contributed by atoms with Gasteiger partial charge in [-0.3, -0.25) is 14.9 Å². The van der Waals surface area contributed by atoms with Crippen LogP contribution in [-0.2, 0) is 9.59 Å². The number of nitrogens with one attached hydrogen (secondary N) is 1. The average Bonchev–Trinajstić information content (AvgIpc) is 2.66. The Hall–Kier alpha value is -3.94. The van der Waals surface area contributed by atoms with Gasteiger partial charge in [0.15, 0.2) is 0 Å². The zero-order valence-corrected chi connectivity index (χ0v) is 14.1. The number of barbiturate groups is 1. The van der Waals surface area contributed by atoms with Gasteiger partial charge in [-0.05, 0) is 48.0 Å². The Morgan fingerprint density at radius 1 is 1.04 bits per heavy atom. The van der Waals surface area contributed by atoms with Gasteiger partial charge in [-0.2, -0.15) is 0 Å². The molecule has 0 bridgehead atoms. The minimum Gasteiger partial charge on any atom is -0.497 e. The molecule has 1 aliphatic rings. The number of rotatable bonds is 4. The molecule has 0 radical (unpaired) electrons. The zero-order chi connectivity index (χ0) is 19.6. The van der Waals surface area contributed by atoms with E-state index in [0.29, 0.717) is 11.3 Å². The molecule has 3 rings (SSSR count). The van der Waals surface area contributed by atoms with Gasteiger partial charge in [-0.15, -0.1) is 0 Å². The van der Waals surface area contributed by atoms with Crippen molar-refractivity contribution in [3.05, 3.63) is 65.2 Å². The number of hydrogen-bond donors (Lipinski definition) is 2. The molecule has 0 atom stereocenters. The molecule has 136 valence electrons. The van der Waals surface area contributed by atoms with Crippen LogP contribution in [0.1, 0.15) is 15.9 Å². The average molecular weight is 366 g/mol. The van der Waals surface area contributed by atoms with E-state index in [4.69, 9.17) is 9.84 Å². The predicted molar refractivity (Wildman–Crippen MR) is 95.4 cm³/mol. The summed E-state index contributed by atoms with van der Waals surface area (Å²) in [5.41, 5.74) is 0.556. The molecule has 0 unspecified atom stereocenters. The SMILES string of the molecule is COc1ccc(N2C(=O)NC(=O)/C(=C/c3ccc(C(=O)O)cc3)C2=O)cc1. The summed E-state index contributed by atoms with van der Waals surface area (Å²) in [4.78, 5) is 48.7. The van der Waals surface area contributed by atoms with E-state index in [2.05, 4.69) is 5.32 Å². The van der Waals surface area contributed by atoms with Gasteiger partial charge >= 0.3 is 12.0 Å². The van der Waals surface area contributed by atoms with Crippen molar-refractivity contribution >= 4 is 35.6 Å². The van der Waals surface area contributed by atoms with Gasteiger partial charge in [0.1, 0.15) is 11.3 Å². The second-order valence-electron chi connectivity index (χ2n) is 5.58. The third-order valence-electron chi connectivity index (χ3n) is 3.90. The number of nitrogens with zero attached hydrogens (tertiary/aromatic N) is 1. The highest BCUT2D eigenvalue weighted by atomic mass is 16.5. The van der Waals surface area contributed by atoms with E-state index in [-0.39, 0.29) is 16.8 Å². The van der Waals surface area contributed by atoms with Gasteiger partial charge in [0.25, 0.3) is 11.8 Å². The summed E-state index contributed by atoms with van der Waals surface area (Å²) in [5, 5.41) is 11.0. The van der Waals surface area contributed by atoms with E-state index in [1.807, 2.05) is 0 Å². The lowest BCUT2D eigenvalue weighted by molar-refractivity contribution is -0.122. The first kappa shape index (κ1) is 17.9. The van der Waals surface area contributed by atoms with Gasteiger partial charge in [0, 0.05) is 0 Å². The normalized spacial score (nSPS) is 15.7. The number of carbonyl (C=O) groups excluding carboxylic acids is 3. The molecule has 0 saturated carbocycles. The summed E-state index contributed by atoms with van der Waals surface area (Å²) in [6.07, 6.45) is 1.30. The van der Waals surface area contributed by atoms with Crippen LogP contribution < -0.4 is 15.0 Å². The molecule has 27 heavy (non-hydrogen) atoms. The maximum absolute atomic E-state index is 12.7. The number of imide groups is 2. The van der Waals surface area contributed by atoms with Crippen LogP contribution in [-0.4, -0.2) is 36.0 Å². The highest BCUT2D eigenvalue weighted by Crippen LogP contribution is 2.24. The molecule has 1 saturated heterocycles. The lowest BCUT2D eigenvalue weighted by atomic mass is 10.1. The van der Waals surface area contributed by atoms with Crippen LogP contribution >= 0.6 is 0 Å². The predicted octanol–water partition coefficient (Wildman–Crippen LogP) is 2.06. The van der Waals surface area contributed by atoms with Crippen molar-refractivity contribution in [1.29, 1.82) is 0 Å². The lowest BCUT2D eigenvalue weighted by Crippen LogP contribution is -2.54. The third-order valence-corrected chi connectivity index (χ3v) is 3.90. The molecule has 8 nitrogen and oxygen atoms in total. The van der Waals surface area contributed by atoms with Crippen molar-refractivity contribution < 1.29 is 29.0 Å². The van der Waals surface area contributed by atoms with Crippen molar-refractivity contribution in [2.75, 3.05) is 12.0 Å². The van der Waals surface area contributed by atoms with Gasteiger partial charge in [-0.1, -0.05) is 12.1 Å². The van der Waals surface area contributed by atoms with Crippen LogP contribution in [0.25, 0.3) is 6.08 Å². The number of urea groups is 1. The smallest absolute Gasteiger partial charge is 0.335 e. The minimum absolute atomic E-state index is 0.0756. The Morgan fingerprint density at radius 2 is 1.67 bits per heavy atom. The summed E-state index contributed by atoms with van der Waals surface area (Å²) in [6, 6.07) is 11.0. The Kier molecular flexibility index (Phi) is 4.71. The van der Waals surface area contributed by atoms with E-state index in [9.17, 15) is 19.2 Å². The van der Waals surface area contributed by atoms with Gasteiger partial charge in [-0.25, -0.2) is 14.5 Å². The number of benzene rings is 2. The Balaban J connectivity index is 1.95. The second kappa shape index (κ2) is 7.12. The molecular weight excluding hydrogens is 352 g/mol. The molecule has 1 fully saturated rings. The van der Waals surface area contributed by atoms with Crippen molar-refractivity contribution in [3.63, 3.8) is 0 Å². The van der Waals surface area contributed by atoms with Crippen LogP contribution in [0.3, 0.4) is 0 Å². The van der Waals surface area contributed by atoms with Crippen molar-refractivity contribution in [1.82, 2.24) is 5.32 Å². The Labute approximate surface area is 153 Å². The first-order chi connectivity index (χ1) is 12.9. The van der Waals surface area contributed by atoms with E-state index in [1.165, 1.54) is 49.6 Å². The first-order valence-corrected chi connectivity index (χ1v) is 7.79. The van der Waals surface area contributed by atoms with Crippen molar-refractivity contribution in [3.8, 4) is 5.75 Å². The molecule has 0 aliphatic carbocycles. The lowest BCUT2D eigenvalue weighted by Gasteiger charge is -2.26.